The smallest absolute Gasteiger partial charge is 0.387 e. The first kappa shape index (κ1) is 15.1. The lowest BCUT2D eigenvalue weighted by atomic mass is 10.1. The molecule has 0 fully saturated rings. The van der Waals surface area contributed by atoms with Gasteiger partial charge in [0.15, 0.2) is 0 Å². The zero-order valence-corrected chi connectivity index (χ0v) is 11.0. The maximum Gasteiger partial charge on any atom is 0.387 e. The maximum atomic E-state index is 12.0. The number of nitrogens with one attached hydrogen (secondary N) is 1. The molecule has 0 amide bonds. The van der Waals surface area contributed by atoms with Crippen molar-refractivity contribution in [2.45, 2.75) is 19.6 Å². The van der Waals surface area contributed by atoms with Gasteiger partial charge in [0.1, 0.15) is 11.0 Å². The molecule has 0 aliphatic carbocycles. The highest BCUT2D eigenvalue weighted by atomic mass is 35.5. The van der Waals surface area contributed by atoms with Gasteiger partial charge in [-0.2, -0.15) is 8.78 Å². The van der Waals surface area contributed by atoms with E-state index in [1.165, 1.54) is 18.2 Å². The third kappa shape index (κ3) is 4.75. The van der Waals surface area contributed by atoms with Crippen LogP contribution in [0.3, 0.4) is 0 Å². The molecule has 0 radical (unpaired) electrons. The van der Waals surface area contributed by atoms with Crippen molar-refractivity contribution in [3.8, 4) is 5.75 Å². The van der Waals surface area contributed by atoms with Crippen molar-refractivity contribution in [2.75, 3.05) is 5.21 Å². The van der Waals surface area contributed by atoms with E-state index >= 15 is 0 Å². The van der Waals surface area contributed by atoms with Crippen molar-refractivity contribution in [3.63, 3.8) is 0 Å². The fraction of sp³-hybridized carbons (Fsp3) is 0.400. The summed E-state index contributed by atoms with van der Waals surface area (Å²) in [6, 6.07) is 5.21. The summed E-state index contributed by atoms with van der Waals surface area (Å²) >= 11 is 5.25. The average Bonchev–Trinajstić information content (AvgIpc) is 2.28. The van der Waals surface area contributed by atoms with Gasteiger partial charge in [-0.15, -0.1) is 11.6 Å². The number of hydrogen-bond acceptors (Lipinski definition) is 3. The molecule has 0 aliphatic heterocycles. The van der Waals surface area contributed by atoms with Crippen LogP contribution in [-0.4, -0.2) is 20.2 Å². The van der Waals surface area contributed by atoms with Crippen LogP contribution in [0.15, 0.2) is 24.3 Å². The van der Waals surface area contributed by atoms with Crippen LogP contribution in [0, 0.1) is 0 Å². The summed E-state index contributed by atoms with van der Waals surface area (Å²) < 4.78 is 53.1. The monoisotopic (exact) mass is 299 g/mol. The van der Waals surface area contributed by atoms with Crippen molar-refractivity contribution >= 4 is 21.6 Å². The van der Waals surface area contributed by atoms with E-state index in [2.05, 4.69) is 9.46 Å². The van der Waals surface area contributed by atoms with Crippen molar-refractivity contribution in [2.24, 2.45) is 0 Å². The van der Waals surface area contributed by atoms with E-state index < -0.39 is 27.9 Å². The first-order valence-electron chi connectivity index (χ1n) is 4.95. The summed E-state index contributed by atoms with van der Waals surface area (Å²) in [6.45, 7) is -1.35. The van der Waals surface area contributed by atoms with Crippen LogP contribution in [0.4, 0.5) is 8.78 Å². The summed E-state index contributed by atoms with van der Waals surface area (Å²) in [6.07, 6.45) is 0. The molecule has 1 atom stereocenters. The first-order chi connectivity index (χ1) is 8.34. The molecule has 0 bridgehead atoms. The molecule has 0 heterocycles. The van der Waals surface area contributed by atoms with Crippen LogP contribution < -0.4 is 9.46 Å². The number of halogens is 3. The van der Waals surface area contributed by atoms with Crippen LogP contribution in [0.2, 0.25) is 0 Å². The fourth-order valence-corrected chi connectivity index (χ4v) is 2.26. The van der Waals surface area contributed by atoms with E-state index in [9.17, 15) is 17.2 Å². The van der Waals surface area contributed by atoms with Gasteiger partial charge in [0.2, 0.25) is 10.0 Å². The molecule has 0 spiro atoms. The van der Waals surface area contributed by atoms with Crippen LogP contribution in [0.1, 0.15) is 18.5 Å². The second-order valence-electron chi connectivity index (χ2n) is 3.51. The Labute approximate surface area is 109 Å². The van der Waals surface area contributed by atoms with Gasteiger partial charge in [-0.25, -0.2) is 13.1 Å². The normalized spacial score (nSPS) is 13.6. The van der Waals surface area contributed by atoms with Crippen LogP contribution in [0.5, 0.6) is 5.75 Å². The molecule has 0 aliphatic rings. The minimum atomic E-state index is -3.58. The van der Waals surface area contributed by atoms with Crippen molar-refractivity contribution in [3.05, 3.63) is 29.8 Å². The Balaban J connectivity index is 2.83. The predicted molar refractivity (Wildman–Crippen MR) is 64.3 cm³/mol. The largest absolute Gasteiger partial charge is 0.435 e. The molecule has 1 aromatic rings. The maximum absolute atomic E-state index is 12.0. The van der Waals surface area contributed by atoms with E-state index in [1.54, 1.807) is 13.0 Å². The number of rotatable bonds is 6. The van der Waals surface area contributed by atoms with E-state index in [4.69, 9.17) is 11.6 Å². The molecule has 102 valence electrons. The van der Waals surface area contributed by atoms with Gasteiger partial charge in [-0.3, -0.25) is 0 Å². The first-order valence-corrected chi connectivity index (χ1v) is 7.13. The SMILES string of the molecule is CC(NS(=O)(=O)CCl)c1cccc(OC(F)F)c1. The number of sulfonamides is 1. The number of hydrogen-bond donors (Lipinski definition) is 1. The lowest BCUT2D eigenvalue weighted by Gasteiger charge is -2.14. The molecule has 0 aromatic heterocycles. The van der Waals surface area contributed by atoms with Gasteiger partial charge in [0.25, 0.3) is 0 Å². The Morgan fingerprint density at radius 3 is 2.67 bits per heavy atom. The van der Waals surface area contributed by atoms with Crippen molar-refractivity contribution in [1.82, 2.24) is 4.72 Å². The Morgan fingerprint density at radius 2 is 2.11 bits per heavy atom. The zero-order valence-electron chi connectivity index (χ0n) is 9.44. The molecular weight excluding hydrogens is 288 g/mol. The molecule has 18 heavy (non-hydrogen) atoms. The molecule has 1 unspecified atom stereocenters. The van der Waals surface area contributed by atoms with Gasteiger partial charge in [-0.1, -0.05) is 12.1 Å². The zero-order chi connectivity index (χ0) is 13.8. The third-order valence-electron chi connectivity index (χ3n) is 2.08. The summed E-state index contributed by atoms with van der Waals surface area (Å²) in [7, 11) is -3.58. The summed E-state index contributed by atoms with van der Waals surface area (Å²) in [4.78, 5) is 0. The van der Waals surface area contributed by atoms with Gasteiger partial charge in [0.05, 0.1) is 0 Å². The Kier molecular flexibility index (Phi) is 5.30. The summed E-state index contributed by atoms with van der Waals surface area (Å²) in [5, 5.41) is -0.565. The molecule has 1 aromatic carbocycles. The molecule has 1 N–H and O–H groups in total. The lowest BCUT2D eigenvalue weighted by Crippen LogP contribution is -2.27. The van der Waals surface area contributed by atoms with Gasteiger partial charge in [0, 0.05) is 6.04 Å². The Hall–Kier alpha value is -0.920. The van der Waals surface area contributed by atoms with Gasteiger partial charge >= 0.3 is 6.61 Å². The number of benzene rings is 1. The second kappa shape index (κ2) is 6.31. The van der Waals surface area contributed by atoms with Crippen LogP contribution >= 0.6 is 11.6 Å². The van der Waals surface area contributed by atoms with E-state index in [0.717, 1.165) is 0 Å². The second-order valence-corrected chi connectivity index (χ2v) is 5.85. The topological polar surface area (TPSA) is 55.4 Å². The van der Waals surface area contributed by atoms with Crippen molar-refractivity contribution in [1.29, 1.82) is 0 Å². The predicted octanol–water partition coefficient (Wildman–Crippen LogP) is 2.46. The van der Waals surface area contributed by atoms with E-state index in [1.807, 2.05) is 0 Å². The van der Waals surface area contributed by atoms with Crippen LogP contribution in [-0.2, 0) is 10.0 Å². The summed E-state index contributed by atoms with van der Waals surface area (Å²) in [5.74, 6) is -0.0283. The highest BCUT2D eigenvalue weighted by Crippen LogP contribution is 2.21. The fourth-order valence-electron chi connectivity index (χ4n) is 1.33. The Morgan fingerprint density at radius 1 is 1.44 bits per heavy atom. The Bertz CT molecular complexity index is 496. The van der Waals surface area contributed by atoms with Gasteiger partial charge in [-0.05, 0) is 24.6 Å². The quantitative estimate of drug-likeness (QED) is 0.821. The van der Waals surface area contributed by atoms with E-state index in [-0.39, 0.29) is 5.75 Å². The molecular formula is C10H12ClF2NO3S. The number of ether oxygens (including phenoxy) is 1. The molecule has 1 rings (SSSR count). The minimum Gasteiger partial charge on any atom is -0.435 e. The van der Waals surface area contributed by atoms with E-state index in [0.29, 0.717) is 5.56 Å². The third-order valence-corrected chi connectivity index (χ3v) is 3.95. The standard InChI is InChI=1S/C10H12ClF2NO3S/c1-7(14-18(15,16)6-11)8-3-2-4-9(5-8)17-10(12)13/h2-5,7,10,14H,6H2,1H3. The van der Waals surface area contributed by atoms with Gasteiger partial charge < -0.3 is 4.74 Å². The highest BCUT2D eigenvalue weighted by molar-refractivity contribution is 7.90. The minimum absolute atomic E-state index is 0.0283. The van der Waals surface area contributed by atoms with Crippen LogP contribution in [0.25, 0.3) is 0 Å². The number of alkyl halides is 3. The molecule has 8 heteroatoms. The highest BCUT2D eigenvalue weighted by Gasteiger charge is 2.15. The average molecular weight is 300 g/mol. The lowest BCUT2D eigenvalue weighted by molar-refractivity contribution is -0.0499. The summed E-state index contributed by atoms with van der Waals surface area (Å²) in [5.41, 5.74) is 0.502. The van der Waals surface area contributed by atoms with Crippen molar-refractivity contribution < 1.29 is 21.9 Å². The molecule has 0 saturated heterocycles. The molecule has 4 nitrogen and oxygen atoms in total. The molecule has 0 saturated carbocycles.